The summed E-state index contributed by atoms with van der Waals surface area (Å²) in [7, 11) is 0. The predicted molar refractivity (Wildman–Crippen MR) is 117 cm³/mol. The van der Waals surface area contributed by atoms with Gasteiger partial charge in [-0.3, -0.25) is 4.98 Å². The molecule has 0 fully saturated rings. The molecule has 4 aromatic rings. The number of phenols is 1. The highest BCUT2D eigenvalue weighted by Gasteiger charge is 2.08. The second-order valence-corrected chi connectivity index (χ2v) is 7.07. The number of halogens is 1. The van der Waals surface area contributed by atoms with Gasteiger partial charge in [0.2, 0.25) is 5.82 Å². The van der Waals surface area contributed by atoms with Crippen molar-refractivity contribution >= 4 is 11.6 Å². The Morgan fingerprint density at radius 2 is 1.94 bits per heavy atom. The molecular formula is C23H18ClN5O2. The lowest BCUT2D eigenvalue weighted by atomic mass is 9.99. The number of nitrogens with one attached hydrogen (secondary N) is 1. The average Bonchev–Trinajstić information content (AvgIpc) is 3.32. The maximum atomic E-state index is 9.52. The molecule has 2 N–H and O–H groups in total. The maximum absolute atomic E-state index is 9.52. The molecule has 0 amide bonds. The molecule has 8 heteroatoms. The van der Waals surface area contributed by atoms with Gasteiger partial charge in [0.15, 0.2) is 0 Å². The van der Waals surface area contributed by atoms with Crippen LogP contribution in [0.15, 0.2) is 60.9 Å². The first-order chi connectivity index (χ1) is 15.2. The molecule has 7 nitrogen and oxygen atoms in total. The second kappa shape index (κ2) is 9.74. The molecule has 2 aromatic carbocycles. The molecule has 4 rings (SSSR count). The Labute approximate surface area is 184 Å². The zero-order chi connectivity index (χ0) is 21.5. The maximum Gasteiger partial charge on any atom is 0.204 e. The molecule has 0 spiro atoms. The number of aromatic amines is 1. The molecule has 154 valence electrons. The predicted octanol–water partition coefficient (Wildman–Crippen LogP) is 4.03. The lowest BCUT2D eigenvalue weighted by Gasteiger charge is -2.08. The van der Waals surface area contributed by atoms with Gasteiger partial charge in [-0.25, -0.2) is 0 Å². The first-order valence-electron chi connectivity index (χ1n) is 9.59. The van der Waals surface area contributed by atoms with Gasteiger partial charge in [0.05, 0.1) is 17.8 Å². The van der Waals surface area contributed by atoms with Gasteiger partial charge in [0.25, 0.3) is 0 Å². The van der Waals surface area contributed by atoms with E-state index in [4.69, 9.17) is 16.3 Å². The molecular weight excluding hydrogens is 414 g/mol. The van der Waals surface area contributed by atoms with Crippen molar-refractivity contribution in [2.45, 2.75) is 12.8 Å². The number of rotatable bonds is 6. The molecule has 0 aliphatic carbocycles. The monoisotopic (exact) mass is 431 g/mol. The van der Waals surface area contributed by atoms with Crippen LogP contribution in [0.25, 0.3) is 11.4 Å². The van der Waals surface area contributed by atoms with Crippen molar-refractivity contribution in [1.29, 1.82) is 0 Å². The van der Waals surface area contributed by atoms with Gasteiger partial charge < -0.3 is 9.84 Å². The van der Waals surface area contributed by atoms with Crippen LogP contribution in [0.5, 0.6) is 11.5 Å². The van der Waals surface area contributed by atoms with Crippen LogP contribution in [-0.2, 0) is 6.42 Å². The van der Waals surface area contributed by atoms with Crippen LogP contribution >= 0.6 is 11.6 Å². The third-order valence-electron chi connectivity index (χ3n) is 4.49. The number of pyridine rings is 1. The molecule has 0 atom stereocenters. The van der Waals surface area contributed by atoms with Crippen molar-refractivity contribution < 1.29 is 9.84 Å². The summed E-state index contributed by atoms with van der Waals surface area (Å²) < 4.78 is 5.75. The molecule has 0 bridgehead atoms. The van der Waals surface area contributed by atoms with Gasteiger partial charge in [-0.15, -0.1) is 10.2 Å². The highest BCUT2D eigenvalue weighted by atomic mass is 35.5. The smallest absolute Gasteiger partial charge is 0.204 e. The highest BCUT2D eigenvalue weighted by molar-refractivity contribution is 6.31. The number of tetrazole rings is 1. The summed E-state index contributed by atoms with van der Waals surface area (Å²) >= 11 is 6.18. The Morgan fingerprint density at radius 1 is 1.06 bits per heavy atom. The number of phenolic OH excluding ortho intramolecular Hbond substituents is 1. The molecule has 2 aromatic heterocycles. The van der Waals surface area contributed by atoms with Crippen LogP contribution in [0.2, 0.25) is 5.02 Å². The summed E-state index contributed by atoms with van der Waals surface area (Å²) in [6.07, 6.45) is 4.94. The Kier molecular flexibility index (Phi) is 6.41. The minimum absolute atomic E-state index is 0.106. The Balaban J connectivity index is 1.55. The van der Waals surface area contributed by atoms with E-state index in [9.17, 15) is 5.11 Å². The first-order valence-corrected chi connectivity index (χ1v) is 9.97. The van der Waals surface area contributed by atoms with Crippen molar-refractivity contribution in [3.63, 3.8) is 0 Å². The lowest BCUT2D eigenvalue weighted by Crippen LogP contribution is -2.01. The van der Waals surface area contributed by atoms with Crippen LogP contribution in [0.4, 0.5) is 0 Å². The van der Waals surface area contributed by atoms with Gasteiger partial charge in [-0.05, 0) is 72.1 Å². The largest absolute Gasteiger partial charge is 0.508 e. The minimum Gasteiger partial charge on any atom is -0.508 e. The third-order valence-corrected chi connectivity index (χ3v) is 4.80. The van der Waals surface area contributed by atoms with E-state index in [-0.39, 0.29) is 5.75 Å². The van der Waals surface area contributed by atoms with Crippen LogP contribution in [0.3, 0.4) is 0 Å². The fraction of sp³-hybridized carbons (Fsp3) is 0.130. The molecule has 0 saturated carbocycles. The summed E-state index contributed by atoms with van der Waals surface area (Å²) in [5.41, 5.74) is 3.41. The number of ether oxygens (including phenoxy) is 1. The van der Waals surface area contributed by atoms with Crippen LogP contribution in [0, 0.1) is 11.8 Å². The number of aryl methyl sites for hydroxylation is 1. The molecule has 0 aliphatic rings. The van der Waals surface area contributed by atoms with E-state index in [1.54, 1.807) is 24.5 Å². The van der Waals surface area contributed by atoms with Crippen LogP contribution in [-0.4, -0.2) is 37.3 Å². The number of benzene rings is 2. The van der Waals surface area contributed by atoms with Gasteiger partial charge >= 0.3 is 0 Å². The first kappa shape index (κ1) is 20.4. The fourth-order valence-electron chi connectivity index (χ4n) is 2.97. The zero-order valence-electron chi connectivity index (χ0n) is 16.4. The van der Waals surface area contributed by atoms with E-state index < -0.39 is 0 Å². The Hall–Kier alpha value is -3.89. The van der Waals surface area contributed by atoms with Crippen LogP contribution in [0.1, 0.15) is 23.1 Å². The summed E-state index contributed by atoms with van der Waals surface area (Å²) in [6, 6.07) is 14.3. The SMILES string of the molecule is Oc1ccc(C#Cc2ccc(-c3nn[nH]n3)cc2CCCOc2cccnc2)c(Cl)c1. The van der Waals surface area contributed by atoms with E-state index >= 15 is 0 Å². The number of hydrogen-bond donors (Lipinski definition) is 2. The quantitative estimate of drug-likeness (QED) is 0.353. The third kappa shape index (κ3) is 5.38. The van der Waals surface area contributed by atoms with E-state index in [2.05, 4.69) is 37.4 Å². The summed E-state index contributed by atoms with van der Waals surface area (Å²) in [5.74, 6) is 7.64. The minimum atomic E-state index is 0.106. The van der Waals surface area contributed by atoms with Crippen molar-refractivity contribution in [3.05, 3.63) is 82.6 Å². The average molecular weight is 432 g/mol. The number of H-pyrrole nitrogens is 1. The molecule has 31 heavy (non-hydrogen) atoms. The van der Waals surface area contributed by atoms with Gasteiger partial charge in [0.1, 0.15) is 11.5 Å². The Morgan fingerprint density at radius 3 is 2.71 bits per heavy atom. The molecule has 0 saturated heterocycles. The normalized spacial score (nSPS) is 10.4. The topological polar surface area (TPSA) is 96.8 Å². The second-order valence-electron chi connectivity index (χ2n) is 6.66. The number of aromatic hydroxyl groups is 1. The van der Waals surface area contributed by atoms with Crippen LogP contribution < -0.4 is 4.74 Å². The van der Waals surface area contributed by atoms with E-state index in [0.717, 1.165) is 35.3 Å². The van der Waals surface area contributed by atoms with E-state index in [0.29, 0.717) is 23.0 Å². The molecule has 2 heterocycles. The standard InChI is InChI=1S/C23H18ClN5O2/c24-22-14-20(30)10-9-17(22)7-5-16-6-8-19(23-26-28-29-27-23)13-18(16)3-2-12-31-21-4-1-11-25-15-21/h1,4,6,8-11,13-15,30H,2-3,12H2,(H,26,27,28,29). The fourth-order valence-corrected chi connectivity index (χ4v) is 3.19. The molecule has 0 radical (unpaired) electrons. The zero-order valence-corrected chi connectivity index (χ0v) is 17.2. The number of nitrogens with zero attached hydrogens (tertiary/aromatic N) is 4. The summed E-state index contributed by atoms with van der Waals surface area (Å²) in [4.78, 5) is 4.05. The van der Waals surface area contributed by atoms with Gasteiger partial charge in [-0.1, -0.05) is 23.4 Å². The van der Waals surface area contributed by atoms with Crippen molar-refractivity contribution in [1.82, 2.24) is 25.6 Å². The van der Waals surface area contributed by atoms with Crippen molar-refractivity contribution in [3.8, 4) is 34.7 Å². The Bertz CT molecular complexity index is 1220. The molecule has 0 unspecified atom stereocenters. The summed E-state index contributed by atoms with van der Waals surface area (Å²) in [6.45, 7) is 0.550. The summed E-state index contributed by atoms with van der Waals surface area (Å²) in [5, 5.41) is 24.1. The van der Waals surface area contributed by atoms with E-state index in [1.807, 2.05) is 30.3 Å². The lowest BCUT2D eigenvalue weighted by molar-refractivity contribution is 0.310. The number of hydrogen-bond acceptors (Lipinski definition) is 6. The van der Waals surface area contributed by atoms with Crippen molar-refractivity contribution in [2.24, 2.45) is 0 Å². The highest BCUT2D eigenvalue weighted by Crippen LogP contribution is 2.22. The van der Waals surface area contributed by atoms with E-state index in [1.165, 1.54) is 6.07 Å². The van der Waals surface area contributed by atoms with Gasteiger partial charge in [-0.2, -0.15) is 5.21 Å². The van der Waals surface area contributed by atoms with Crippen molar-refractivity contribution in [2.75, 3.05) is 6.61 Å². The van der Waals surface area contributed by atoms with Gasteiger partial charge in [0, 0.05) is 22.9 Å². The number of aromatic nitrogens is 5. The molecule has 0 aliphatic heterocycles.